The number of fused-ring (bicyclic) bond motifs is 10. The fourth-order valence-corrected chi connectivity index (χ4v) is 14.2. The van der Waals surface area contributed by atoms with E-state index in [4.69, 9.17) is 0 Å². The zero-order valence-corrected chi connectivity index (χ0v) is 43.0. The molecular weight excluding hydrogens is 808 g/mol. The van der Waals surface area contributed by atoms with Gasteiger partial charge in [-0.2, -0.15) is 0 Å². The number of rotatable bonds is 2. The molecule has 0 bridgehead atoms. The number of nitrogens with zero attached hydrogens (tertiary/aromatic N) is 2. The minimum Gasteiger partial charge on any atom is -0.311 e. The van der Waals surface area contributed by atoms with Crippen LogP contribution in [-0.2, 0) is 37.9 Å². The van der Waals surface area contributed by atoms with Crippen LogP contribution >= 0.6 is 0 Å². The van der Waals surface area contributed by atoms with Crippen molar-refractivity contribution in [3.8, 4) is 11.1 Å². The Hall–Kier alpha value is -5.02. The highest BCUT2D eigenvalue weighted by molar-refractivity contribution is 7.00. The summed E-state index contributed by atoms with van der Waals surface area (Å²) in [7, 11) is 0. The molecule has 0 fully saturated rings. The van der Waals surface area contributed by atoms with Crippen LogP contribution in [0.1, 0.15) is 190 Å². The lowest BCUT2D eigenvalue weighted by atomic mass is 9.32. The first-order chi connectivity index (χ1) is 32.5. The number of benzene rings is 6. The molecule has 0 atom stereocenters. The summed E-state index contributed by atoms with van der Waals surface area (Å²) < 4.78 is 27.7. The van der Waals surface area contributed by atoms with Gasteiger partial charge in [-0.1, -0.05) is 145 Å². The van der Waals surface area contributed by atoms with Gasteiger partial charge in [0, 0.05) is 43.7 Å². The van der Waals surface area contributed by atoms with Crippen molar-refractivity contribution in [3.05, 3.63) is 147 Å². The molecule has 0 amide bonds. The van der Waals surface area contributed by atoms with E-state index in [1.54, 1.807) is 0 Å². The second kappa shape index (κ2) is 13.4. The third-order valence-corrected chi connectivity index (χ3v) is 18.9. The molecule has 2 heterocycles. The summed E-state index contributed by atoms with van der Waals surface area (Å²) in [5.41, 5.74) is 24.2. The predicted octanol–water partition coefficient (Wildman–Crippen LogP) is 15.4. The Balaban J connectivity index is 1.23. The monoisotopic (exact) mass is 884 g/mol. The number of anilines is 6. The SMILES string of the molecule is [2H]C([2H])([2H])c1cc2c3c(c1)N(c1ccc4c(c1)C(C)(C)CCC4(C)C)c1cc4c(cc1B3c1cc3c(cc1N2c1ccc2c(c1)-c1ccccc1C2(C)C)C(C)(C)CCC3(C)C)C(C)(C)CCC4(C)C. The maximum Gasteiger partial charge on any atom is 0.252 e. The normalized spacial score (nSPS) is 22.6. The van der Waals surface area contributed by atoms with Crippen molar-refractivity contribution in [3.63, 3.8) is 0 Å². The van der Waals surface area contributed by atoms with E-state index in [0.717, 1.165) is 67.0 Å². The van der Waals surface area contributed by atoms with Crippen LogP contribution in [0.4, 0.5) is 34.1 Å². The van der Waals surface area contributed by atoms with E-state index < -0.39 is 6.85 Å². The maximum atomic E-state index is 9.24. The van der Waals surface area contributed by atoms with E-state index in [1.807, 2.05) is 0 Å². The van der Waals surface area contributed by atoms with Gasteiger partial charge >= 0.3 is 0 Å². The number of hydrogen-bond donors (Lipinski definition) is 0. The van der Waals surface area contributed by atoms with Crippen molar-refractivity contribution < 1.29 is 4.11 Å². The van der Waals surface area contributed by atoms with E-state index >= 15 is 0 Å². The Morgan fingerprint density at radius 3 is 1.28 bits per heavy atom. The van der Waals surface area contributed by atoms with Gasteiger partial charge < -0.3 is 9.80 Å². The lowest BCUT2D eigenvalue weighted by molar-refractivity contribution is 0.332. The minimum atomic E-state index is -2.36. The van der Waals surface area contributed by atoms with Crippen molar-refractivity contribution in [2.75, 3.05) is 9.80 Å². The Labute approximate surface area is 407 Å². The van der Waals surface area contributed by atoms with Crippen LogP contribution in [0.25, 0.3) is 11.1 Å². The first-order valence-electron chi connectivity index (χ1n) is 27.1. The standard InChI is InChI=1S/C64H73BN2/c1-38-30-55-57-56(31-38)67(40-21-23-45-46(33-40)59(4,5)25-24-58(45,2)3)54-37-50-48(61(8,9)27-29-63(50,12)13)35-52(54)65(57)51-34-47-49(62(10,11)28-26-60(47,6)7)36-53(51)66(55)39-20-22-44-42(32-39)41-18-16-17-19-43(41)64(44,14)15/h16-23,30-37H,24-29H2,1-15H3/i1D3. The number of aryl methyl sites for hydroxylation is 1. The molecule has 12 rings (SSSR count). The molecule has 0 radical (unpaired) electrons. The molecule has 0 saturated carbocycles. The van der Waals surface area contributed by atoms with E-state index in [1.165, 1.54) is 77.7 Å². The summed E-state index contributed by atoms with van der Waals surface area (Å²) in [5, 5.41) is 0. The third-order valence-electron chi connectivity index (χ3n) is 18.9. The quantitative estimate of drug-likeness (QED) is 0.160. The van der Waals surface area contributed by atoms with Crippen molar-refractivity contribution in [1.82, 2.24) is 0 Å². The average molecular weight is 884 g/mol. The fourth-order valence-electron chi connectivity index (χ4n) is 14.2. The van der Waals surface area contributed by atoms with Gasteiger partial charge in [0.05, 0.1) is 0 Å². The largest absolute Gasteiger partial charge is 0.311 e. The average Bonchev–Trinajstić information content (AvgIpc) is 3.52. The molecule has 3 heteroatoms. The zero-order valence-electron chi connectivity index (χ0n) is 46.0. The summed E-state index contributed by atoms with van der Waals surface area (Å²) in [4.78, 5) is 4.99. The van der Waals surface area contributed by atoms with Crippen molar-refractivity contribution in [1.29, 1.82) is 0 Å². The molecule has 6 aliphatic rings. The minimum absolute atomic E-state index is 0.0136. The molecule has 67 heavy (non-hydrogen) atoms. The molecule has 0 unspecified atom stereocenters. The molecule has 4 aliphatic carbocycles. The van der Waals surface area contributed by atoms with Gasteiger partial charge in [0.15, 0.2) is 0 Å². The molecular formula is C64H73BN2. The van der Waals surface area contributed by atoms with Crippen LogP contribution in [0.5, 0.6) is 0 Å². The predicted molar refractivity (Wildman–Crippen MR) is 289 cm³/mol. The Bertz CT molecular complexity index is 3270. The zero-order chi connectivity index (χ0) is 49.8. The summed E-state index contributed by atoms with van der Waals surface area (Å²) >= 11 is 0. The highest BCUT2D eigenvalue weighted by Crippen LogP contribution is 2.56. The maximum absolute atomic E-state index is 9.24. The van der Waals surface area contributed by atoms with Gasteiger partial charge in [-0.05, 0) is 204 Å². The van der Waals surface area contributed by atoms with Crippen LogP contribution in [0.3, 0.4) is 0 Å². The molecule has 0 spiro atoms. The van der Waals surface area contributed by atoms with Gasteiger partial charge in [-0.3, -0.25) is 0 Å². The fraction of sp³-hybridized carbons (Fsp3) is 0.438. The van der Waals surface area contributed by atoms with Crippen molar-refractivity contribution in [2.45, 2.75) is 180 Å². The summed E-state index contributed by atoms with van der Waals surface area (Å²) in [6, 6.07) is 37.7. The molecule has 2 nitrogen and oxygen atoms in total. The molecule has 2 aliphatic heterocycles. The van der Waals surface area contributed by atoms with E-state index in [9.17, 15) is 4.11 Å². The van der Waals surface area contributed by atoms with E-state index in [2.05, 4.69) is 204 Å². The van der Waals surface area contributed by atoms with E-state index in [-0.39, 0.29) is 44.6 Å². The smallest absolute Gasteiger partial charge is 0.252 e. The highest BCUT2D eigenvalue weighted by atomic mass is 15.2. The molecule has 0 aromatic heterocycles. The summed E-state index contributed by atoms with van der Waals surface area (Å²) in [5.74, 6) is 0. The van der Waals surface area contributed by atoms with Gasteiger partial charge in [0.1, 0.15) is 0 Å². The third kappa shape index (κ3) is 5.94. The van der Waals surface area contributed by atoms with Crippen LogP contribution < -0.4 is 26.2 Å². The van der Waals surface area contributed by atoms with Gasteiger partial charge in [0.25, 0.3) is 6.71 Å². The Morgan fingerprint density at radius 2 is 0.791 bits per heavy atom. The first kappa shape index (κ1) is 39.9. The highest BCUT2D eigenvalue weighted by Gasteiger charge is 2.49. The number of hydrogen-bond acceptors (Lipinski definition) is 2. The first-order valence-corrected chi connectivity index (χ1v) is 25.6. The second-order valence-electron chi connectivity index (χ2n) is 26.4. The van der Waals surface area contributed by atoms with Crippen molar-refractivity contribution in [2.24, 2.45) is 0 Å². The lowest BCUT2D eigenvalue weighted by Crippen LogP contribution is -2.62. The molecule has 6 aromatic rings. The van der Waals surface area contributed by atoms with Crippen LogP contribution in [-0.4, -0.2) is 6.71 Å². The topological polar surface area (TPSA) is 6.48 Å². The van der Waals surface area contributed by atoms with Gasteiger partial charge in [0.2, 0.25) is 0 Å². The second-order valence-corrected chi connectivity index (χ2v) is 26.4. The van der Waals surface area contributed by atoms with Gasteiger partial charge in [-0.15, -0.1) is 0 Å². The molecule has 342 valence electrons. The summed E-state index contributed by atoms with van der Waals surface area (Å²) in [6.07, 6.45) is 6.72. The van der Waals surface area contributed by atoms with Crippen molar-refractivity contribution >= 4 is 57.2 Å². The van der Waals surface area contributed by atoms with Crippen LogP contribution in [0.15, 0.2) is 97.1 Å². The van der Waals surface area contributed by atoms with Gasteiger partial charge in [-0.25, -0.2) is 0 Å². The van der Waals surface area contributed by atoms with Crippen LogP contribution in [0.2, 0.25) is 0 Å². The Kier molecular flexibility index (Phi) is 7.98. The van der Waals surface area contributed by atoms with E-state index in [0.29, 0.717) is 5.56 Å². The van der Waals surface area contributed by atoms with Crippen LogP contribution in [0, 0.1) is 6.85 Å². The lowest BCUT2D eigenvalue weighted by Gasteiger charge is -2.49. The molecule has 0 saturated heterocycles. The molecule has 0 N–H and O–H groups in total. The Morgan fingerprint density at radius 1 is 0.388 bits per heavy atom. The molecule has 6 aromatic carbocycles. The summed E-state index contributed by atoms with van der Waals surface area (Å²) in [6.45, 7) is 31.4.